The van der Waals surface area contributed by atoms with Crippen LogP contribution in [-0.4, -0.2) is 23.7 Å². The molecule has 3 heteroatoms. The molecule has 0 spiro atoms. The molecule has 0 saturated heterocycles. The van der Waals surface area contributed by atoms with E-state index in [9.17, 15) is 4.79 Å². The zero-order valence-electron chi connectivity index (χ0n) is 12.8. The smallest absolute Gasteiger partial charge is 0.251 e. The van der Waals surface area contributed by atoms with Gasteiger partial charge in [0.25, 0.3) is 5.91 Å². The number of amides is 1. The van der Waals surface area contributed by atoms with E-state index >= 15 is 0 Å². The van der Waals surface area contributed by atoms with E-state index in [-0.39, 0.29) is 12.5 Å². The summed E-state index contributed by atoms with van der Waals surface area (Å²) in [7, 11) is 0. The maximum Gasteiger partial charge on any atom is 0.251 e. The van der Waals surface area contributed by atoms with Gasteiger partial charge >= 0.3 is 0 Å². The first-order valence-corrected chi connectivity index (χ1v) is 7.60. The Hall–Kier alpha value is -1.79. The van der Waals surface area contributed by atoms with E-state index in [1.807, 2.05) is 19.1 Å². The molecule has 0 unspecified atom stereocenters. The lowest BCUT2D eigenvalue weighted by Crippen LogP contribution is -2.37. The summed E-state index contributed by atoms with van der Waals surface area (Å²) in [6, 6.07) is 5.88. The third kappa shape index (κ3) is 4.61. The predicted molar refractivity (Wildman–Crippen MR) is 84.0 cm³/mol. The van der Waals surface area contributed by atoms with Crippen molar-refractivity contribution in [2.24, 2.45) is 5.92 Å². The lowest BCUT2D eigenvalue weighted by atomic mass is 9.87. The molecule has 0 aromatic heterocycles. The molecule has 3 nitrogen and oxygen atoms in total. The van der Waals surface area contributed by atoms with E-state index in [1.165, 1.54) is 12.8 Å². The fourth-order valence-electron chi connectivity index (χ4n) is 2.80. The Morgan fingerprint density at radius 1 is 1.29 bits per heavy atom. The molecule has 1 saturated carbocycles. The average Bonchev–Trinajstić information content (AvgIpc) is 2.47. The number of aryl methyl sites for hydroxylation is 1. The molecule has 21 heavy (non-hydrogen) atoms. The fourth-order valence-corrected chi connectivity index (χ4v) is 2.80. The summed E-state index contributed by atoms with van der Waals surface area (Å²) < 4.78 is 0. The zero-order valence-corrected chi connectivity index (χ0v) is 12.8. The quantitative estimate of drug-likeness (QED) is 0.821. The Balaban J connectivity index is 2.06. The maximum atomic E-state index is 12.4. The molecular formula is C18H23NO2. The van der Waals surface area contributed by atoms with Gasteiger partial charge in [0.15, 0.2) is 0 Å². The maximum absolute atomic E-state index is 12.4. The minimum absolute atomic E-state index is 0.0229. The van der Waals surface area contributed by atoms with Crippen molar-refractivity contribution in [2.45, 2.75) is 45.6 Å². The molecule has 1 aromatic carbocycles. The number of hydrogen-bond donors (Lipinski definition) is 2. The number of rotatable bonds is 2. The van der Waals surface area contributed by atoms with E-state index in [4.69, 9.17) is 5.11 Å². The molecule has 1 aliphatic rings. The van der Waals surface area contributed by atoms with E-state index in [0.29, 0.717) is 11.6 Å². The van der Waals surface area contributed by atoms with Gasteiger partial charge in [-0.3, -0.25) is 4.79 Å². The normalized spacial score (nSPS) is 21.3. The van der Waals surface area contributed by atoms with Crippen LogP contribution in [0.15, 0.2) is 18.2 Å². The number of benzene rings is 1. The molecule has 1 fully saturated rings. The summed E-state index contributed by atoms with van der Waals surface area (Å²) in [4.78, 5) is 12.4. The number of hydrogen-bond acceptors (Lipinski definition) is 2. The van der Waals surface area contributed by atoms with Crippen LogP contribution in [0.1, 0.15) is 54.1 Å². The minimum Gasteiger partial charge on any atom is -0.384 e. The van der Waals surface area contributed by atoms with Crippen molar-refractivity contribution in [1.29, 1.82) is 0 Å². The number of carbonyl (C=O) groups excluding carboxylic acids is 1. The van der Waals surface area contributed by atoms with Gasteiger partial charge in [-0.25, -0.2) is 0 Å². The van der Waals surface area contributed by atoms with Crippen LogP contribution in [0.2, 0.25) is 0 Å². The lowest BCUT2D eigenvalue weighted by molar-refractivity contribution is 0.0923. The molecular weight excluding hydrogens is 262 g/mol. The first-order chi connectivity index (χ1) is 10.1. The van der Waals surface area contributed by atoms with Gasteiger partial charge < -0.3 is 10.4 Å². The topological polar surface area (TPSA) is 49.3 Å². The van der Waals surface area contributed by atoms with Crippen molar-refractivity contribution >= 4 is 5.91 Å². The van der Waals surface area contributed by atoms with Crippen LogP contribution in [0, 0.1) is 24.7 Å². The Morgan fingerprint density at radius 2 is 2.00 bits per heavy atom. The molecule has 0 aliphatic heterocycles. The van der Waals surface area contributed by atoms with Crippen LogP contribution >= 0.6 is 0 Å². The van der Waals surface area contributed by atoms with Gasteiger partial charge in [-0.05, 0) is 62.3 Å². The van der Waals surface area contributed by atoms with E-state index in [1.54, 1.807) is 6.07 Å². The Kier molecular flexibility index (Phi) is 5.41. The highest BCUT2D eigenvalue weighted by molar-refractivity contribution is 5.95. The van der Waals surface area contributed by atoms with Crippen LogP contribution in [0.3, 0.4) is 0 Å². The number of nitrogens with one attached hydrogen (secondary N) is 1. The largest absolute Gasteiger partial charge is 0.384 e. The summed E-state index contributed by atoms with van der Waals surface area (Å²) in [5.41, 5.74) is 2.42. The Morgan fingerprint density at radius 3 is 2.67 bits per heavy atom. The summed E-state index contributed by atoms with van der Waals surface area (Å²) in [5.74, 6) is 6.23. The SMILES string of the molecule is Cc1cc(C#CCO)cc(C(=O)NC2CCC(C)CC2)c1. The second-order valence-corrected chi connectivity index (χ2v) is 5.98. The van der Waals surface area contributed by atoms with Gasteiger partial charge in [-0.2, -0.15) is 0 Å². The predicted octanol–water partition coefficient (Wildman–Crippen LogP) is 2.65. The van der Waals surface area contributed by atoms with Gasteiger partial charge in [-0.1, -0.05) is 18.8 Å². The van der Waals surface area contributed by atoms with Crippen molar-refractivity contribution in [3.8, 4) is 11.8 Å². The molecule has 1 amide bonds. The molecule has 0 heterocycles. The number of aliphatic hydroxyl groups is 1. The van der Waals surface area contributed by atoms with E-state index in [0.717, 1.165) is 29.9 Å². The molecule has 112 valence electrons. The molecule has 1 aromatic rings. The van der Waals surface area contributed by atoms with Crippen LogP contribution in [-0.2, 0) is 0 Å². The second-order valence-electron chi connectivity index (χ2n) is 5.98. The van der Waals surface area contributed by atoms with E-state index < -0.39 is 0 Å². The molecule has 2 N–H and O–H groups in total. The second kappa shape index (κ2) is 7.28. The zero-order chi connectivity index (χ0) is 15.2. The van der Waals surface area contributed by atoms with Gasteiger partial charge in [0.05, 0.1) is 0 Å². The van der Waals surface area contributed by atoms with Crippen molar-refractivity contribution in [3.63, 3.8) is 0 Å². The van der Waals surface area contributed by atoms with Crippen LogP contribution < -0.4 is 5.32 Å². The highest BCUT2D eigenvalue weighted by Crippen LogP contribution is 2.23. The lowest BCUT2D eigenvalue weighted by Gasteiger charge is -2.27. The summed E-state index contributed by atoms with van der Waals surface area (Å²) >= 11 is 0. The van der Waals surface area contributed by atoms with Crippen molar-refractivity contribution in [3.05, 3.63) is 34.9 Å². The van der Waals surface area contributed by atoms with Gasteiger partial charge in [0.2, 0.25) is 0 Å². The number of carbonyl (C=O) groups is 1. The molecule has 0 radical (unpaired) electrons. The van der Waals surface area contributed by atoms with Gasteiger partial charge in [0.1, 0.15) is 6.61 Å². The molecule has 0 atom stereocenters. The first kappa shape index (κ1) is 15.6. The first-order valence-electron chi connectivity index (χ1n) is 7.60. The molecule has 2 rings (SSSR count). The van der Waals surface area contributed by atoms with Gasteiger partial charge in [0, 0.05) is 17.2 Å². The third-order valence-electron chi connectivity index (χ3n) is 4.00. The van der Waals surface area contributed by atoms with Crippen molar-refractivity contribution < 1.29 is 9.90 Å². The van der Waals surface area contributed by atoms with Crippen LogP contribution in [0.5, 0.6) is 0 Å². The van der Waals surface area contributed by atoms with Crippen molar-refractivity contribution in [1.82, 2.24) is 5.32 Å². The number of aliphatic hydroxyl groups excluding tert-OH is 1. The monoisotopic (exact) mass is 285 g/mol. The standard InChI is InChI=1S/C18H23NO2/c1-13-5-7-17(8-6-13)19-18(21)16-11-14(2)10-15(12-16)4-3-9-20/h10-13,17,20H,5-9H2,1-2H3,(H,19,21). The van der Waals surface area contributed by atoms with Crippen LogP contribution in [0.4, 0.5) is 0 Å². The summed E-state index contributed by atoms with van der Waals surface area (Å²) in [6.45, 7) is 4.05. The molecule has 0 bridgehead atoms. The third-order valence-corrected chi connectivity index (χ3v) is 4.00. The Bertz CT molecular complexity index is 560. The average molecular weight is 285 g/mol. The van der Waals surface area contributed by atoms with Crippen molar-refractivity contribution in [2.75, 3.05) is 6.61 Å². The fraction of sp³-hybridized carbons (Fsp3) is 0.500. The molecule has 1 aliphatic carbocycles. The van der Waals surface area contributed by atoms with E-state index in [2.05, 4.69) is 24.1 Å². The minimum atomic E-state index is -0.171. The highest BCUT2D eigenvalue weighted by atomic mass is 16.2. The Labute approximate surface area is 126 Å². The summed E-state index contributed by atoms with van der Waals surface area (Å²) in [5, 5.41) is 11.9. The van der Waals surface area contributed by atoms with Crippen LogP contribution in [0.25, 0.3) is 0 Å². The highest BCUT2D eigenvalue weighted by Gasteiger charge is 2.20. The van der Waals surface area contributed by atoms with Gasteiger partial charge in [-0.15, -0.1) is 0 Å². The summed E-state index contributed by atoms with van der Waals surface area (Å²) in [6.07, 6.45) is 4.50.